The fourth-order valence-electron chi connectivity index (χ4n) is 2.55. The summed E-state index contributed by atoms with van der Waals surface area (Å²) in [5.41, 5.74) is 0.161. The molecule has 0 aliphatic carbocycles. The van der Waals surface area contributed by atoms with Crippen molar-refractivity contribution in [3.63, 3.8) is 0 Å². The van der Waals surface area contributed by atoms with E-state index in [1.165, 1.54) is 31.2 Å². The van der Waals surface area contributed by atoms with Crippen molar-refractivity contribution in [2.45, 2.75) is 37.7 Å². The highest BCUT2D eigenvalue weighted by molar-refractivity contribution is 7.89. The molecule has 1 aliphatic rings. The third-order valence-electron chi connectivity index (χ3n) is 4.15. The molecule has 1 amide bonds. The lowest BCUT2D eigenvalue weighted by Gasteiger charge is -2.31. The molecule has 24 heavy (non-hydrogen) atoms. The predicted octanol–water partition coefficient (Wildman–Crippen LogP) is 1.14. The summed E-state index contributed by atoms with van der Waals surface area (Å²) in [7, 11) is -3.81. The largest absolute Gasteiger partial charge is 0.449 e. The summed E-state index contributed by atoms with van der Waals surface area (Å²) < 4.78 is 27.6. The molecule has 1 aromatic carbocycles. The van der Waals surface area contributed by atoms with Crippen molar-refractivity contribution < 1.29 is 22.7 Å². The van der Waals surface area contributed by atoms with E-state index < -0.39 is 22.1 Å². The maximum absolute atomic E-state index is 12.3. The van der Waals surface area contributed by atoms with Crippen molar-refractivity contribution >= 4 is 21.9 Å². The van der Waals surface area contributed by atoms with Gasteiger partial charge in [-0.15, -0.1) is 0 Å². The number of amides is 1. The van der Waals surface area contributed by atoms with Gasteiger partial charge in [0.1, 0.15) is 0 Å². The molecule has 1 aliphatic heterocycles. The van der Waals surface area contributed by atoms with Gasteiger partial charge in [0.25, 0.3) is 5.91 Å². The molecule has 7 nitrogen and oxygen atoms in total. The van der Waals surface area contributed by atoms with Gasteiger partial charge >= 0.3 is 5.97 Å². The van der Waals surface area contributed by atoms with Crippen LogP contribution in [0.2, 0.25) is 0 Å². The van der Waals surface area contributed by atoms with Gasteiger partial charge in [-0.1, -0.05) is 6.92 Å². The first kappa shape index (κ1) is 18.4. The summed E-state index contributed by atoms with van der Waals surface area (Å²) in [5.74, 6) is -0.289. The number of rotatable bonds is 4. The predicted molar refractivity (Wildman–Crippen MR) is 87.7 cm³/mol. The van der Waals surface area contributed by atoms with E-state index in [0.29, 0.717) is 19.0 Å². The monoisotopic (exact) mass is 354 g/mol. The molecule has 1 saturated heterocycles. The number of carbonyl (C=O) groups is 2. The molecule has 1 heterocycles. The zero-order valence-corrected chi connectivity index (χ0v) is 14.6. The number of nitrogens with zero attached hydrogens (tertiary/aromatic N) is 1. The Hall–Kier alpha value is -1.93. The van der Waals surface area contributed by atoms with Gasteiger partial charge in [0.05, 0.1) is 10.5 Å². The van der Waals surface area contributed by atoms with Crippen LogP contribution in [-0.2, 0) is 19.6 Å². The molecule has 0 aromatic heterocycles. The Bertz CT molecular complexity index is 706. The fraction of sp³-hybridized carbons (Fsp3) is 0.500. The minimum Gasteiger partial charge on any atom is -0.449 e. The highest BCUT2D eigenvalue weighted by Gasteiger charge is 2.27. The van der Waals surface area contributed by atoms with E-state index in [0.717, 1.165) is 12.8 Å². The summed E-state index contributed by atoms with van der Waals surface area (Å²) in [6, 6.07) is 5.07. The number of hydrogen-bond donors (Lipinski definition) is 1. The Morgan fingerprint density at radius 3 is 2.25 bits per heavy atom. The van der Waals surface area contributed by atoms with Crippen molar-refractivity contribution in [2.75, 3.05) is 13.1 Å². The molecule has 132 valence electrons. The van der Waals surface area contributed by atoms with Crippen LogP contribution in [0.1, 0.15) is 37.0 Å². The number of sulfonamides is 1. The molecule has 1 aromatic rings. The highest BCUT2D eigenvalue weighted by Crippen LogP contribution is 2.18. The number of benzene rings is 1. The second-order valence-corrected chi connectivity index (χ2v) is 7.69. The first-order valence-electron chi connectivity index (χ1n) is 7.81. The van der Waals surface area contributed by atoms with Gasteiger partial charge in [-0.05, 0) is 49.9 Å². The summed E-state index contributed by atoms with van der Waals surface area (Å²) >= 11 is 0. The summed E-state index contributed by atoms with van der Waals surface area (Å²) in [6.07, 6.45) is 1.01. The minimum absolute atomic E-state index is 0.0920. The number of carbonyl (C=O) groups excluding carboxylic acids is 2. The Balaban J connectivity index is 1.97. The van der Waals surface area contributed by atoms with E-state index in [9.17, 15) is 18.0 Å². The number of primary sulfonamides is 1. The van der Waals surface area contributed by atoms with E-state index in [4.69, 9.17) is 9.88 Å². The lowest BCUT2D eigenvalue weighted by Crippen LogP contribution is -2.44. The van der Waals surface area contributed by atoms with Crippen molar-refractivity contribution in [1.82, 2.24) is 4.90 Å². The quantitative estimate of drug-likeness (QED) is 0.816. The first-order chi connectivity index (χ1) is 11.2. The second kappa shape index (κ2) is 7.31. The van der Waals surface area contributed by atoms with Crippen LogP contribution in [-0.4, -0.2) is 44.4 Å². The normalized spacial score (nSPS) is 17.4. The summed E-state index contributed by atoms with van der Waals surface area (Å²) in [6.45, 7) is 5.03. The topological polar surface area (TPSA) is 107 Å². The zero-order chi connectivity index (χ0) is 17.9. The third-order valence-corrected chi connectivity index (χ3v) is 5.07. The summed E-state index contributed by atoms with van der Waals surface area (Å²) in [4.78, 5) is 26.0. The van der Waals surface area contributed by atoms with Crippen LogP contribution in [0.15, 0.2) is 29.2 Å². The Morgan fingerprint density at radius 2 is 1.75 bits per heavy atom. The molecule has 0 saturated carbocycles. The molecule has 1 fully saturated rings. The number of hydrogen-bond acceptors (Lipinski definition) is 5. The molecule has 8 heteroatoms. The van der Waals surface area contributed by atoms with Crippen LogP contribution < -0.4 is 5.14 Å². The van der Waals surface area contributed by atoms with Gasteiger partial charge in [0.15, 0.2) is 6.10 Å². The van der Waals surface area contributed by atoms with Crippen LogP contribution in [0.3, 0.4) is 0 Å². The zero-order valence-electron chi connectivity index (χ0n) is 13.8. The Morgan fingerprint density at radius 1 is 1.21 bits per heavy atom. The molecule has 0 radical (unpaired) electrons. The lowest BCUT2D eigenvalue weighted by molar-refractivity contribution is -0.141. The number of nitrogens with two attached hydrogens (primary N) is 1. The van der Waals surface area contributed by atoms with E-state index >= 15 is 0 Å². The maximum atomic E-state index is 12.3. The van der Waals surface area contributed by atoms with Crippen LogP contribution in [0, 0.1) is 5.92 Å². The van der Waals surface area contributed by atoms with Gasteiger partial charge in [0.2, 0.25) is 10.0 Å². The number of piperidine rings is 1. The minimum atomic E-state index is -3.81. The SMILES string of the molecule is CC1CCN(C(=O)C(C)OC(=O)c2ccc(S(N)(=O)=O)cc2)CC1. The van der Waals surface area contributed by atoms with E-state index in [1.807, 2.05) is 0 Å². The van der Waals surface area contributed by atoms with Crippen molar-refractivity contribution in [2.24, 2.45) is 11.1 Å². The number of ether oxygens (including phenoxy) is 1. The molecule has 1 unspecified atom stereocenters. The molecule has 2 rings (SSSR count). The standard InChI is InChI=1S/C16H22N2O5S/c1-11-7-9-18(10-8-11)15(19)12(2)23-16(20)13-3-5-14(6-4-13)24(17,21)22/h3-6,11-12H,7-10H2,1-2H3,(H2,17,21,22). The number of likely N-dealkylation sites (tertiary alicyclic amines) is 1. The van der Waals surface area contributed by atoms with Crippen LogP contribution >= 0.6 is 0 Å². The average molecular weight is 354 g/mol. The van der Waals surface area contributed by atoms with Crippen molar-refractivity contribution in [3.05, 3.63) is 29.8 Å². The van der Waals surface area contributed by atoms with Crippen LogP contribution in [0.5, 0.6) is 0 Å². The molecular formula is C16H22N2O5S. The Labute approximate surface area is 141 Å². The molecule has 1 atom stereocenters. The van der Waals surface area contributed by atoms with Gasteiger partial charge in [0, 0.05) is 13.1 Å². The number of esters is 1. The van der Waals surface area contributed by atoms with E-state index in [-0.39, 0.29) is 16.4 Å². The van der Waals surface area contributed by atoms with Crippen LogP contribution in [0.4, 0.5) is 0 Å². The van der Waals surface area contributed by atoms with E-state index in [1.54, 1.807) is 4.90 Å². The van der Waals surface area contributed by atoms with Gasteiger partial charge in [-0.3, -0.25) is 4.79 Å². The molecule has 2 N–H and O–H groups in total. The average Bonchev–Trinajstić information content (AvgIpc) is 2.54. The molecular weight excluding hydrogens is 332 g/mol. The Kier molecular flexibility index (Phi) is 5.61. The third kappa shape index (κ3) is 4.55. The van der Waals surface area contributed by atoms with Crippen molar-refractivity contribution in [3.8, 4) is 0 Å². The first-order valence-corrected chi connectivity index (χ1v) is 9.35. The van der Waals surface area contributed by atoms with Gasteiger partial charge in [-0.25, -0.2) is 18.4 Å². The van der Waals surface area contributed by atoms with Crippen LogP contribution in [0.25, 0.3) is 0 Å². The van der Waals surface area contributed by atoms with Gasteiger partial charge in [-0.2, -0.15) is 0 Å². The second-order valence-electron chi connectivity index (χ2n) is 6.12. The highest BCUT2D eigenvalue weighted by atomic mass is 32.2. The van der Waals surface area contributed by atoms with E-state index in [2.05, 4.69) is 6.92 Å². The fourth-order valence-corrected chi connectivity index (χ4v) is 3.06. The molecule has 0 spiro atoms. The maximum Gasteiger partial charge on any atom is 0.338 e. The summed E-state index contributed by atoms with van der Waals surface area (Å²) in [5, 5.41) is 5.00. The molecule has 0 bridgehead atoms. The van der Waals surface area contributed by atoms with Gasteiger partial charge < -0.3 is 9.64 Å². The lowest BCUT2D eigenvalue weighted by atomic mass is 9.99. The van der Waals surface area contributed by atoms with Crippen molar-refractivity contribution in [1.29, 1.82) is 0 Å². The smallest absolute Gasteiger partial charge is 0.338 e.